The molecule has 4 rings (SSSR count). The van der Waals surface area contributed by atoms with Crippen molar-refractivity contribution in [2.24, 2.45) is 0 Å². The first-order valence-electron chi connectivity index (χ1n) is 9.28. The topological polar surface area (TPSA) is 87.5 Å². The smallest absolute Gasteiger partial charge is 0.280 e. The lowest BCUT2D eigenvalue weighted by atomic mass is 10.0. The van der Waals surface area contributed by atoms with Crippen LogP contribution in [0.4, 0.5) is 5.82 Å². The molecule has 2 atom stereocenters. The molecule has 1 aliphatic heterocycles. The van der Waals surface area contributed by atoms with Crippen molar-refractivity contribution >= 4 is 17.6 Å². The first kappa shape index (κ1) is 17.7. The number of aliphatic hydroxyl groups is 1. The fraction of sp³-hybridized carbons (Fsp3) is 0.450. The van der Waals surface area contributed by atoms with Gasteiger partial charge in [-0.2, -0.15) is 10.1 Å². The molecule has 1 aromatic heterocycles. The minimum absolute atomic E-state index is 0.186. The van der Waals surface area contributed by atoms with Crippen LogP contribution in [-0.2, 0) is 5.54 Å². The number of amides is 2. The van der Waals surface area contributed by atoms with E-state index in [1.807, 2.05) is 26.8 Å². The summed E-state index contributed by atoms with van der Waals surface area (Å²) in [5.41, 5.74) is 4.33. The van der Waals surface area contributed by atoms with Crippen LogP contribution in [0.5, 0.6) is 0 Å². The quantitative estimate of drug-likeness (QED) is 0.814. The highest BCUT2D eigenvalue weighted by atomic mass is 16.3. The van der Waals surface area contributed by atoms with Crippen LogP contribution in [-0.4, -0.2) is 37.8 Å². The molecule has 1 saturated carbocycles. The Labute approximate surface area is 157 Å². The predicted molar refractivity (Wildman–Crippen MR) is 100 cm³/mol. The number of fused-ring (bicyclic) bond motifs is 1. The minimum Gasteiger partial charge on any atom is -0.393 e. The number of aromatic nitrogens is 2. The normalized spacial score (nSPS) is 22.4. The predicted octanol–water partition coefficient (Wildman–Crippen LogP) is 2.89. The molecule has 0 saturated heterocycles. The van der Waals surface area contributed by atoms with Gasteiger partial charge in [0.05, 0.1) is 28.5 Å². The van der Waals surface area contributed by atoms with Crippen LogP contribution in [0.2, 0.25) is 0 Å². The first-order valence-corrected chi connectivity index (χ1v) is 9.28. The third kappa shape index (κ3) is 3.02. The van der Waals surface area contributed by atoms with E-state index in [9.17, 15) is 14.7 Å². The van der Waals surface area contributed by atoms with Gasteiger partial charge < -0.3 is 5.11 Å². The van der Waals surface area contributed by atoms with E-state index in [-0.39, 0.29) is 29.4 Å². The molecule has 2 aromatic rings. The van der Waals surface area contributed by atoms with Crippen LogP contribution >= 0.6 is 0 Å². The van der Waals surface area contributed by atoms with E-state index in [1.54, 1.807) is 28.9 Å². The number of nitrogens with zero attached hydrogens (tertiary/aromatic N) is 3. The monoisotopic (exact) mass is 368 g/mol. The van der Waals surface area contributed by atoms with Gasteiger partial charge in [-0.25, -0.2) is 4.68 Å². The number of imide groups is 1. The zero-order chi connectivity index (χ0) is 19.3. The molecule has 7 heteroatoms. The van der Waals surface area contributed by atoms with Crippen LogP contribution < -0.4 is 5.43 Å². The van der Waals surface area contributed by atoms with Gasteiger partial charge in [-0.1, -0.05) is 12.1 Å². The summed E-state index contributed by atoms with van der Waals surface area (Å²) in [5, 5.41) is 15.6. The van der Waals surface area contributed by atoms with Gasteiger partial charge in [0.25, 0.3) is 11.8 Å². The molecule has 1 aliphatic carbocycles. The molecule has 0 bridgehead atoms. The lowest BCUT2D eigenvalue weighted by Gasteiger charge is -2.25. The van der Waals surface area contributed by atoms with Gasteiger partial charge in [0.1, 0.15) is 5.82 Å². The fourth-order valence-electron chi connectivity index (χ4n) is 3.82. The third-order valence-electron chi connectivity index (χ3n) is 5.21. The Balaban J connectivity index is 1.67. The van der Waals surface area contributed by atoms with Crippen LogP contribution in [0.15, 0.2) is 30.3 Å². The summed E-state index contributed by atoms with van der Waals surface area (Å²) >= 11 is 0. The maximum atomic E-state index is 12.7. The maximum absolute atomic E-state index is 12.7. The van der Waals surface area contributed by atoms with Crippen LogP contribution in [0, 0.1) is 0 Å². The largest absolute Gasteiger partial charge is 0.393 e. The number of hydrazine groups is 1. The van der Waals surface area contributed by atoms with Crippen LogP contribution in [0.3, 0.4) is 0 Å². The molecule has 2 N–H and O–H groups in total. The Kier molecular flexibility index (Phi) is 4.07. The van der Waals surface area contributed by atoms with Crippen molar-refractivity contribution in [1.29, 1.82) is 0 Å². The number of aliphatic hydroxyl groups excluding tert-OH is 1. The SMILES string of the molecule is CC(C)(C)n1nc([C@H]2CC[C@@H](O)C2)cc1NN1C(=O)c2ccccc2C1=O. The number of rotatable bonds is 3. The average Bonchev–Trinajstić information content (AvgIpc) is 3.29. The lowest BCUT2D eigenvalue weighted by Crippen LogP contribution is -2.37. The molecule has 0 radical (unpaired) electrons. The van der Waals surface area contributed by atoms with Crippen molar-refractivity contribution in [3.8, 4) is 0 Å². The van der Waals surface area contributed by atoms with Gasteiger partial charge in [-0.3, -0.25) is 15.0 Å². The summed E-state index contributed by atoms with van der Waals surface area (Å²) < 4.78 is 1.80. The Bertz CT molecular complexity index is 877. The lowest BCUT2D eigenvalue weighted by molar-refractivity contribution is 0.0688. The number of anilines is 1. The first-order chi connectivity index (χ1) is 12.8. The highest BCUT2D eigenvalue weighted by Gasteiger charge is 2.37. The van der Waals surface area contributed by atoms with Crippen molar-refractivity contribution in [2.75, 3.05) is 5.43 Å². The molecule has 1 aromatic carbocycles. The second kappa shape index (κ2) is 6.20. The van der Waals surface area contributed by atoms with Crippen molar-refractivity contribution in [3.63, 3.8) is 0 Å². The molecule has 142 valence electrons. The van der Waals surface area contributed by atoms with E-state index in [4.69, 9.17) is 5.10 Å². The van der Waals surface area contributed by atoms with E-state index in [1.165, 1.54) is 0 Å². The summed E-state index contributed by atoms with van der Waals surface area (Å²) in [6, 6.07) is 8.69. The van der Waals surface area contributed by atoms with E-state index >= 15 is 0 Å². The molecular weight excluding hydrogens is 344 g/mol. The van der Waals surface area contributed by atoms with E-state index in [2.05, 4.69) is 5.43 Å². The van der Waals surface area contributed by atoms with Crippen molar-refractivity contribution in [3.05, 3.63) is 47.2 Å². The van der Waals surface area contributed by atoms with Gasteiger partial charge in [-0.05, 0) is 52.2 Å². The number of benzene rings is 1. The second-order valence-corrected chi connectivity index (χ2v) is 8.30. The number of hydrogen-bond donors (Lipinski definition) is 2. The van der Waals surface area contributed by atoms with Gasteiger partial charge >= 0.3 is 0 Å². The maximum Gasteiger partial charge on any atom is 0.280 e. The van der Waals surface area contributed by atoms with Crippen molar-refractivity contribution in [1.82, 2.24) is 14.8 Å². The minimum atomic E-state index is -0.366. The Morgan fingerprint density at radius 1 is 1.11 bits per heavy atom. The molecular formula is C20H24N4O3. The van der Waals surface area contributed by atoms with E-state index in [0.29, 0.717) is 23.4 Å². The van der Waals surface area contributed by atoms with Crippen molar-refractivity contribution in [2.45, 2.75) is 57.6 Å². The molecule has 2 amide bonds. The van der Waals surface area contributed by atoms with Crippen LogP contribution in [0.25, 0.3) is 0 Å². The zero-order valence-corrected chi connectivity index (χ0v) is 15.8. The molecule has 0 unspecified atom stereocenters. The summed E-state index contributed by atoms with van der Waals surface area (Å²) in [7, 11) is 0. The summed E-state index contributed by atoms with van der Waals surface area (Å²) in [5.74, 6) is 0.0462. The van der Waals surface area contributed by atoms with Crippen molar-refractivity contribution < 1.29 is 14.7 Å². The molecule has 0 spiro atoms. The number of nitrogens with one attached hydrogen (secondary N) is 1. The number of carbonyl (C=O) groups is 2. The number of hydrogen-bond acceptors (Lipinski definition) is 5. The Hall–Kier alpha value is -2.67. The van der Waals surface area contributed by atoms with Gasteiger partial charge in [-0.15, -0.1) is 0 Å². The molecule has 27 heavy (non-hydrogen) atoms. The van der Waals surface area contributed by atoms with Gasteiger partial charge in [0.15, 0.2) is 0 Å². The van der Waals surface area contributed by atoms with Crippen LogP contribution in [0.1, 0.15) is 72.4 Å². The number of carbonyl (C=O) groups excluding carboxylic acids is 2. The zero-order valence-electron chi connectivity index (χ0n) is 15.8. The fourth-order valence-corrected chi connectivity index (χ4v) is 3.82. The standard InChI is InChI=1S/C20H24N4O3/c1-20(2,3)24-17(11-16(21-24)12-8-9-13(25)10-12)22-23-18(26)14-6-4-5-7-15(14)19(23)27/h4-7,11-13,22,25H,8-10H2,1-3H3/t12-,13+/m0/s1. The Morgan fingerprint density at radius 3 is 2.26 bits per heavy atom. The molecule has 2 aliphatic rings. The highest BCUT2D eigenvalue weighted by Crippen LogP contribution is 2.36. The molecule has 1 fully saturated rings. The van der Waals surface area contributed by atoms with Gasteiger partial charge in [0.2, 0.25) is 0 Å². The summed E-state index contributed by atoms with van der Waals surface area (Å²) in [6.07, 6.45) is 2.05. The highest BCUT2D eigenvalue weighted by molar-refractivity contribution is 6.21. The van der Waals surface area contributed by atoms with Gasteiger partial charge in [0, 0.05) is 12.0 Å². The summed E-state index contributed by atoms with van der Waals surface area (Å²) in [6.45, 7) is 6.04. The average molecular weight is 368 g/mol. The summed E-state index contributed by atoms with van der Waals surface area (Å²) in [4.78, 5) is 25.3. The molecule has 2 heterocycles. The second-order valence-electron chi connectivity index (χ2n) is 8.30. The van der Waals surface area contributed by atoms with E-state index < -0.39 is 0 Å². The molecule has 7 nitrogen and oxygen atoms in total. The van der Waals surface area contributed by atoms with E-state index in [0.717, 1.165) is 23.5 Å². The Morgan fingerprint density at radius 2 is 1.74 bits per heavy atom. The third-order valence-corrected chi connectivity index (χ3v) is 5.21.